The van der Waals surface area contributed by atoms with Gasteiger partial charge in [-0.3, -0.25) is 19.7 Å². The molecular formula is C22H26N4O4. The summed E-state index contributed by atoms with van der Waals surface area (Å²) in [5, 5.41) is 20.2. The highest BCUT2D eigenvalue weighted by atomic mass is 16.6. The van der Waals surface area contributed by atoms with Gasteiger partial charge in [-0.05, 0) is 56.0 Å². The summed E-state index contributed by atoms with van der Waals surface area (Å²) in [6, 6.07) is 11.8. The first-order valence-electron chi connectivity index (χ1n) is 10.1. The smallest absolute Gasteiger partial charge is 0.293 e. The molecule has 0 bridgehead atoms. The number of nitro benzene ring substituents is 1. The molecule has 1 unspecified atom stereocenters. The van der Waals surface area contributed by atoms with Crippen molar-refractivity contribution < 1.29 is 14.5 Å². The fourth-order valence-corrected chi connectivity index (χ4v) is 2.91. The normalized spacial score (nSPS) is 13.9. The lowest BCUT2D eigenvalue weighted by atomic mass is 10.1. The van der Waals surface area contributed by atoms with E-state index >= 15 is 0 Å². The van der Waals surface area contributed by atoms with Crippen LogP contribution in [0.15, 0.2) is 42.5 Å². The van der Waals surface area contributed by atoms with E-state index in [9.17, 15) is 19.7 Å². The van der Waals surface area contributed by atoms with Crippen LogP contribution in [-0.2, 0) is 6.54 Å². The molecule has 8 nitrogen and oxygen atoms in total. The average Bonchev–Trinajstić information content (AvgIpc) is 3.56. The van der Waals surface area contributed by atoms with Gasteiger partial charge >= 0.3 is 0 Å². The maximum atomic E-state index is 12.5. The summed E-state index contributed by atoms with van der Waals surface area (Å²) in [5.74, 6) is -0.572. The summed E-state index contributed by atoms with van der Waals surface area (Å²) in [5.41, 5.74) is 1.82. The zero-order chi connectivity index (χ0) is 21.7. The average molecular weight is 410 g/mol. The predicted octanol–water partition coefficient (Wildman–Crippen LogP) is 3.63. The zero-order valence-corrected chi connectivity index (χ0v) is 17.1. The van der Waals surface area contributed by atoms with Gasteiger partial charge in [0.15, 0.2) is 0 Å². The van der Waals surface area contributed by atoms with Gasteiger partial charge in [-0.2, -0.15) is 0 Å². The van der Waals surface area contributed by atoms with Crippen molar-refractivity contribution in [3.05, 3.63) is 69.3 Å². The molecule has 0 aliphatic heterocycles. The Bertz CT molecular complexity index is 956. The molecule has 0 radical (unpaired) electrons. The number of nitrogens with zero attached hydrogens (tertiary/aromatic N) is 1. The second-order valence-corrected chi connectivity index (χ2v) is 7.57. The van der Waals surface area contributed by atoms with E-state index < -0.39 is 10.8 Å². The van der Waals surface area contributed by atoms with Gasteiger partial charge < -0.3 is 16.0 Å². The zero-order valence-electron chi connectivity index (χ0n) is 17.1. The summed E-state index contributed by atoms with van der Waals surface area (Å²) < 4.78 is 0. The third kappa shape index (κ3) is 5.56. The number of rotatable bonds is 9. The second kappa shape index (κ2) is 9.39. The molecular weight excluding hydrogens is 384 g/mol. The molecule has 0 aromatic heterocycles. The number of benzene rings is 2. The molecule has 2 aromatic rings. The Balaban J connectivity index is 1.65. The molecule has 1 atom stereocenters. The van der Waals surface area contributed by atoms with Gasteiger partial charge in [0.05, 0.1) is 4.92 Å². The second-order valence-electron chi connectivity index (χ2n) is 7.57. The lowest BCUT2D eigenvalue weighted by Gasteiger charge is -2.12. The molecule has 30 heavy (non-hydrogen) atoms. The Morgan fingerprint density at radius 1 is 1.13 bits per heavy atom. The molecule has 3 N–H and O–H groups in total. The van der Waals surface area contributed by atoms with Crippen LogP contribution in [0.5, 0.6) is 0 Å². The SMILES string of the molecule is CCC(C)NC(=O)c1cccc(CNC(=O)c2ccc(NC3CC3)c([N+](=O)[O-])c2)c1. The topological polar surface area (TPSA) is 113 Å². The Hall–Kier alpha value is -3.42. The number of nitro groups is 1. The van der Waals surface area contributed by atoms with Crippen molar-refractivity contribution in [3.63, 3.8) is 0 Å². The summed E-state index contributed by atoms with van der Waals surface area (Å²) >= 11 is 0. The molecule has 0 heterocycles. The molecule has 1 aliphatic rings. The lowest BCUT2D eigenvalue weighted by Crippen LogP contribution is -2.32. The van der Waals surface area contributed by atoms with Crippen molar-refractivity contribution in [2.24, 2.45) is 0 Å². The van der Waals surface area contributed by atoms with E-state index in [1.165, 1.54) is 6.07 Å². The van der Waals surface area contributed by atoms with E-state index in [1.54, 1.807) is 30.3 Å². The molecule has 0 spiro atoms. The summed E-state index contributed by atoms with van der Waals surface area (Å²) in [7, 11) is 0. The summed E-state index contributed by atoms with van der Waals surface area (Å²) in [4.78, 5) is 35.7. The quantitative estimate of drug-likeness (QED) is 0.432. The van der Waals surface area contributed by atoms with Crippen LogP contribution in [0.25, 0.3) is 0 Å². The highest BCUT2D eigenvalue weighted by Crippen LogP contribution is 2.31. The summed E-state index contributed by atoms with van der Waals surface area (Å²) in [6.07, 6.45) is 2.82. The van der Waals surface area contributed by atoms with Crippen LogP contribution < -0.4 is 16.0 Å². The monoisotopic (exact) mass is 410 g/mol. The van der Waals surface area contributed by atoms with E-state index in [0.29, 0.717) is 11.3 Å². The Kier molecular flexibility index (Phi) is 6.66. The van der Waals surface area contributed by atoms with Gasteiger partial charge in [0.2, 0.25) is 0 Å². The molecule has 2 amide bonds. The van der Waals surface area contributed by atoms with Gasteiger partial charge in [0.1, 0.15) is 5.69 Å². The fraction of sp³-hybridized carbons (Fsp3) is 0.364. The van der Waals surface area contributed by atoms with Crippen LogP contribution in [-0.4, -0.2) is 28.8 Å². The molecule has 1 saturated carbocycles. The number of hydrogen-bond acceptors (Lipinski definition) is 5. The standard InChI is InChI=1S/C22H26N4O4/c1-3-14(2)24-22(28)16-6-4-5-15(11-16)13-23-21(27)17-7-10-19(25-18-8-9-18)20(12-17)26(29)30/h4-7,10-12,14,18,25H,3,8-9,13H2,1-2H3,(H,23,27)(H,24,28). The number of amides is 2. The van der Waals surface area contributed by atoms with Gasteiger partial charge in [-0.1, -0.05) is 19.1 Å². The van der Waals surface area contributed by atoms with Gasteiger partial charge in [0.25, 0.3) is 17.5 Å². The minimum absolute atomic E-state index is 0.0778. The molecule has 0 saturated heterocycles. The highest BCUT2D eigenvalue weighted by Gasteiger charge is 2.25. The van der Waals surface area contributed by atoms with Crippen molar-refractivity contribution in [1.29, 1.82) is 0 Å². The number of carbonyl (C=O) groups excluding carboxylic acids is 2. The molecule has 8 heteroatoms. The Labute approximate surface area is 175 Å². The first kappa shape index (κ1) is 21.3. The van der Waals surface area contributed by atoms with Gasteiger partial charge in [0, 0.05) is 35.8 Å². The number of nitrogens with one attached hydrogen (secondary N) is 3. The minimum Gasteiger partial charge on any atom is -0.377 e. The molecule has 2 aromatic carbocycles. The predicted molar refractivity (Wildman–Crippen MR) is 115 cm³/mol. The first-order chi connectivity index (χ1) is 14.4. The van der Waals surface area contributed by atoms with E-state index in [2.05, 4.69) is 16.0 Å². The van der Waals surface area contributed by atoms with E-state index in [0.717, 1.165) is 24.8 Å². The van der Waals surface area contributed by atoms with E-state index in [4.69, 9.17) is 0 Å². The number of carbonyl (C=O) groups is 2. The Morgan fingerprint density at radius 2 is 1.87 bits per heavy atom. The molecule has 3 rings (SSSR count). The van der Waals surface area contributed by atoms with Gasteiger partial charge in [-0.15, -0.1) is 0 Å². The Morgan fingerprint density at radius 3 is 2.53 bits per heavy atom. The number of hydrogen-bond donors (Lipinski definition) is 3. The third-order valence-corrected chi connectivity index (χ3v) is 5.03. The van der Waals surface area contributed by atoms with E-state index in [1.807, 2.05) is 19.9 Å². The van der Waals surface area contributed by atoms with Crippen molar-refractivity contribution in [2.75, 3.05) is 5.32 Å². The maximum absolute atomic E-state index is 12.5. The van der Waals surface area contributed by atoms with Gasteiger partial charge in [-0.25, -0.2) is 0 Å². The van der Waals surface area contributed by atoms with Crippen molar-refractivity contribution in [2.45, 2.75) is 51.7 Å². The van der Waals surface area contributed by atoms with Crippen molar-refractivity contribution >= 4 is 23.2 Å². The minimum atomic E-state index is -0.485. The first-order valence-corrected chi connectivity index (χ1v) is 10.1. The van der Waals surface area contributed by atoms with Crippen LogP contribution in [0.1, 0.15) is 59.4 Å². The highest BCUT2D eigenvalue weighted by molar-refractivity contribution is 5.96. The molecule has 1 fully saturated rings. The summed E-state index contributed by atoms with van der Waals surface area (Å²) in [6.45, 7) is 4.14. The van der Waals surface area contributed by atoms with Crippen molar-refractivity contribution in [1.82, 2.24) is 10.6 Å². The fourth-order valence-electron chi connectivity index (χ4n) is 2.91. The third-order valence-electron chi connectivity index (χ3n) is 5.03. The van der Waals surface area contributed by atoms with Crippen LogP contribution in [0.4, 0.5) is 11.4 Å². The van der Waals surface area contributed by atoms with Crippen LogP contribution in [0, 0.1) is 10.1 Å². The van der Waals surface area contributed by atoms with Crippen LogP contribution in [0.3, 0.4) is 0 Å². The van der Waals surface area contributed by atoms with E-state index in [-0.39, 0.29) is 35.8 Å². The maximum Gasteiger partial charge on any atom is 0.293 e. The number of anilines is 1. The lowest BCUT2D eigenvalue weighted by molar-refractivity contribution is -0.384. The largest absolute Gasteiger partial charge is 0.377 e. The molecule has 1 aliphatic carbocycles. The van der Waals surface area contributed by atoms with Crippen LogP contribution in [0.2, 0.25) is 0 Å². The van der Waals surface area contributed by atoms with Crippen molar-refractivity contribution in [3.8, 4) is 0 Å². The van der Waals surface area contributed by atoms with Crippen LogP contribution >= 0.6 is 0 Å². The molecule has 158 valence electrons.